The zero-order valence-corrected chi connectivity index (χ0v) is 11.6. The fourth-order valence-corrected chi connectivity index (χ4v) is 2.01. The van der Waals surface area contributed by atoms with Crippen molar-refractivity contribution in [1.29, 1.82) is 0 Å². The Hall–Kier alpha value is -2.01. The van der Waals surface area contributed by atoms with Crippen LogP contribution in [0.15, 0.2) is 30.5 Å². The van der Waals surface area contributed by atoms with Gasteiger partial charge in [-0.15, -0.1) is 0 Å². The van der Waals surface area contributed by atoms with Gasteiger partial charge in [0.1, 0.15) is 5.75 Å². The Morgan fingerprint density at radius 1 is 1.37 bits per heavy atom. The van der Waals surface area contributed by atoms with Crippen molar-refractivity contribution in [3.05, 3.63) is 41.7 Å². The molecule has 0 saturated carbocycles. The second-order valence-corrected chi connectivity index (χ2v) is 4.47. The predicted molar refractivity (Wildman–Crippen MR) is 76.4 cm³/mol. The van der Waals surface area contributed by atoms with Crippen LogP contribution in [0, 0.1) is 6.92 Å². The van der Waals surface area contributed by atoms with Crippen molar-refractivity contribution >= 4 is 5.69 Å². The third-order valence-electron chi connectivity index (χ3n) is 3.32. The molecule has 1 unspecified atom stereocenters. The highest BCUT2D eigenvalue weighted by Gasteiger charge is 2.15. The zero-order chi connectivity index (χ0) is 13.8. The molecule has 1 atom stereocenters. The van der Waals surface area contributed by atoms with Gasteiger partial charge in [-0.25, -0.2) is 0 Å². The van der Waals surface area contributed by atoms with Crippen LogP contribution in [0.5, 0.6) is 5.75 Å². The maximum atomic E-state index is 5.86. The maximum Gasteiger partial charge on any atom is 0.119 e. The molecule has 5 nitrogen and oxygen atoms in total. The molecular formula is C14H20N4O. The number of hydrogen-bond acceptors (Lipinski definition) is 4. The normalized spacial score (nSPS) is 12.2. The Bertz CT molecular complexity index is 533. The van der Waals surface area contributed by atoms with Crippen LogP contribution < -0.4 is 15.8 Å². The van der Waals surface area contributed by atoms with E-state index in [4.69, 9.17) is 10.5 Å². The summed E-state index contributed by atoms with van der Waals surface area (Å²) < 4.78 is 7.00. The molecule has 102 valence electrons. The maximum absolute atomic E-state index is 5.86. The van der Waals surface area contributed by atoms with Crippen molar-refractivity contribution in [2.45, 2.75) is 13.0 Å². The number of hydrogen-bond donors (Lipinski definition) is 2. The van der Waals surface area contributed by atoms with E-state index < -0.39 is 0 Å². The molecule has 2 rings (SSSR count). The van der Waals surface area contributed by atoms with E-state index in [0.717, 1.165) is 22.7 Å². The van der Waals surface area contributed by atoms with Gasteiger partial charge in [-0.1, -0.05) is 0 Å². The number of ether oxygens (including phenoxy) is 1. The predicted octanol–water partition coefficient (Wildman–Crippen LogP) is 1.85. The van der Waals surface area contributed by atoms with Crippen LogP contribution >= 0.6 is 0 Å². The smallest absolute Gasteiger partial charge is 0.119 e. The van der Waals surface area contributed by atoms with Crippen molar-refractivity contribution in [2.75, 3.05) is 19.0 Å². The molecule has 3 N–H and O–H groups in total. The van der Waals surface area contributed by atoms with Crippen molar-refractivity contribution in [3.63, 3.8) is 0 Å². The number of nitrogens with two attached hydrogens (primary N) is 1. The van der Waals surface area contributed by atoms with Gasteiger partial charge in [0.15, 0.2) is 0 Å². The lowest BCUT2D eigenvalue weighted by molar-refractivity contribution is 0.415. The number of methoxy groups -OCH3 is 1. The summed E-state index contributed by atoms with van der Waals surface area (Å²) in [5.74, 6) is 0.840. The lowest BCUT2D eigenvalue weighted by Gasteiger charge is -2.18. The third-order valence-corrected chi connectivity index (χ3v) is 3.32. The monoisotopic (exact) mass is 260 g/mol. The molecule has 0 aliphatic heterocycles. The van der Waals surface area contributed by atoms with E-state index in [1.165, 1.54) is 0 Å². The lowest BCUT2D eigenvalue weighted by Crippen LogP contribution is -2.21. The molecule has 0 radical (unpaired) electrons. The van der Waals surface area contributed by atoms with E-state index in [-0.39, 0.29) is 6.04 Å². The van der Waals surface area contributed by atoms with Crippen LogP contribution in [0.2, 0.25) is 0 Å². The van der Waals surface area contributed by atoms with Gasteiger partial charge >= 0.3 is 0 Å². The number of benzene rings is 1. The molecule has 0 amide bonds. The number of nitrogens with zero attached hydrogens (tertiary/aromatic N) is 2. The van der Waals surface area contributed by atoms with Crippen molar-refractivity contribution < 1.29 is 4.74 Å². The van der Waals surface area contributed by atoms with Gasteiger partial charge in [0.05, 0.1) is 19.3 Å². The molecule has 0 saturated heterocycles. The van der Waals surface area contributed by atoms with Gasteiger partial charge in [-0.2, -0.15) is 5.10 Å². The van der Waals surface area contributed by atoms with Crippen LogP contribution in [0.4, 0.5) is 5.69 Å². The van der Waals surface area contributed by atoms with E-state index in [1.807, 2.05) is 49.1 Å². The van der Waals surface area contributed by atoms with E-state index >= 15 is 0 Å². The van der Waals surface area contributed by atoms with Crippen molar-refractivity contribution in [3.8, 4) is 5.75 Å². The summed E-state index contributed by atoms with van der Waals surface area (Å²) in [5.41, 5.74) is 9.12. The fourth-order valence-electron chi connectivity index (χ4n) is 2.01. The summed E-state index contributed by atoms with van der Waals surface area (Å²) in [6.45, 7) is 2.55. The molecule has 0 bridgehead atoms. The molecule has 5 heteroatoms. The Labute approximate surface area is 113 Å². The summed E-state index contributed by atoms with van der Waals surface area (Å²) in [4.78, 5) is 0. The molecule has 1 aromatic heterocycles. The number of nitrogens with one attached hydrogen (secondary N) is 1. The SMILES string of the molecule is COc1ccc(NC(CN)c2cnn(C)c2C)cc1. The molecule has 2 aromatic rings. The molecular weight excluding hydrogens is 240 g/mol. The topological polar surface area (TPSA) is 65.1 Å². The second kappa shape index (κ2) is 5.75. The zero-order valence-electron chi connectivity index (χ0n) is 11.6. The first-order chi connectivity index (χ1) is 9.15. The van der Waals surface area contributed by atoms with Crippen LogP contribution in [-0.2, 0) is 7.05 Å². The van der Waals surface area contributed by atoms with E-state index in [2.05, 4.69) is 10.4 Å². The minimum Gasteiger partial charge on any atom is -0.497 e. The van der Waals surface area contributed by atoms with Gasteiger partial charge in [0.2, 0.25) is 0 Å². The summed E-state index contributed by atoms with van der Waals surface area (Å²) >= 11 is 0. The molecule has 0 spiro atoms. The van der Waals surface area contributed by atoms with Crippen molar-refractivity contribution in [2.24, 2.45) is 12.8 Å². The summed E-state index contributed by atoms with van der Waals surface area (Å²) in [5, 5.41) is 7.67. The Balaban J connectivity index is 2.16. The van der Waals surface area contributed by atoms with E-state index in [9.17, 15) is 0 Å². The van der Waals surface area contributed by atoms with E-state index in [0.29, 0.717) is 6.54 Å². The Morgan fingerprint density at radius 3 is 2.53 bits per heavy atom. The summed E-state index contributed by atoms with van der Waals surface area (Å²) in [6, 6.07) is 7.86. The van der Waals surface area contributed by atoms with Gasteiger partial charge < -0.3 is 15.8 Å². The highest BCUT2D eigenvalue weighted by atomic mass is 16.5. The quantitative estimate of drug-likeness (QED) is 0.861. The molecule has 0 fully saturated rings. The number of aryl methyl sites for hydroxylation is 1. The first-order valence-electron chi connectivity index (χ1n) is 6.25. The van der Waals surface area contributed by atoms with Gasteiger partial charge in [0, 0.05) is 30.5 Å². The highest BCUT2D eigenvalue weighted by Crippen LogP contribution is 2.22. The van der Waals surface area contributed by atoms with Gasteiger partial charge in [-0.3, -0.25) is 4.68 Å². The third kappa shape index (κ3) is 2.88. The highest BCUT2D eigenvalue weighted by molar-refractivity contribution is 5.48. The molecule has 0 aliphatic rings. The standard InChI is InChI=1S/C14H20N4O/c1-10-13(9-16-18(10)2)14(8-15)17-11-4-6-12(19-3)7-5-11/h4-7,9,14,17H,8,15H2,1-3H3. The molecule has 0 aliphatic carbocycles. The van der Waals surface area contributed by atoms with Crippen LogP contribution in [-0.4, -0.2) is 23.4 Å². The van der Waals surface area contributed by atoms with Crippen LogP contribution in [0.3, 0.4) is 0 Å². The van der Waals surface area contributed by atoms with E-state index in [1.54, 1.807) is 7.11 Å². The number of anilines is 1. The second-order valence-electron chi connectivity index (χ2n) is 4.47. The first-order valence-corrected chi connectivity index (χ1v) is 6.25. The number of rotatable bonds is 5. The Kier molecular flexibility index (Phi) is 4.06. The molecule has 19 heavy (non-hydrogen) atoms. The molecule has 1 heterocycles. The fraction of sp³-hybridized carbons (Fsp3) is 0.357. The first kappa shape index (κ1) is 13.4. The minimum atomic E-state index is 0.0575. The van der Waals surface area contributed by atoms with Gasteiger partial charge in [-0.05, 0) is 31.2 Å². The average Bonchev–Trinajstić information content (AvgIpc) is 2.77. The molecule has 1 aromatic carbocycles. The van der Waals surface area contributed by atoms with Gasteiger partial charge in [0.25, 0.3) is 0 Å². The van der Waals surface area contributed by atoms with Crippen LogP contribution in [0.1, 0.15) is 17.3 Å². The van der Waals surface area contributed by atoms with Crippen molar-refractivity contribution in [1.82, 2.24) is 9.78 Å². The van der Waals surface area contributed by atoms with Crippen LogP contribution in [0.25, 0.3) is 0 Å². The summed E-state index contributed by atoms with van der Waals surface area (Å²) in [7, 11) is 3.59. The summed E-state index contributed by atoms with van der Waals surface area (Å²) in [6.07, 6.45) is 1.86. The average molecular weight is 260 g/mol. The minimum absolute atomic E-state index is 0.0575. The lowest BCUT2D eigenvalue weighted by atomic mass is 10.1. The number of aromatic nitrogens is 2. The Morgan fingerprint density at radius 2 is 2.05 bits per heavy atom. The largest absolute Gasteiger partial charge is 0.497 e.